The van der Waals surface area contributed by atoms with E-state index in [0.29, 0.717) is 12.8 Å². The minimum atomic E-state index is -0.618. The van der Waals surface area contributed by atoms with Crippen LogP contribution in [0, 0.1) is 11.3 Å². The summed E-state index contributed by atoms with van der Waals surface area (Å²) in [5, 5.41) is 6.29. The van der Waals surface area contributed by atoms with Gasteiger partial charge in [0.2, 0.25) is 5.91 Å². The van der Waals surface area contributed by atoms with Gasteiger partial charge < -0.3 is 15.4 Å². The molecule has 194 valence electrons. The van der Waals surface area contributed by atoms with E-state index in [1.54, 1.807) is 7.11 Å². The van der Waals surface area contributed by atoms with Crippen molar-refractivity contribution < 1.29 is 19.1 Å². The average molecular weight is 493 g/mol. The number of methoxy groups -OCH3 is 1. The lowest BCUT2D eigenvalue weighted by molar-refractivity contribution is -0.134. The number of rotatable bonds is 14. The number of carbonyl (C=O) groups excluding carboxylic acids is 3. The minimum Gasteiger partial charge on any atom is -0.497 e. The Morgan fingerprint density at radius 2 is 1.53 bits per heavy atom. The number of benzene rings is 2. The molecule has 0 unspecified atom stereocenters. The number of hydrogen-bond donors (Lipinski definition) is 2. The molecule has 0 aromatic heterocycles. The van der Waals surface area contributed by atoms with Crippen LogP contribution in [0.5, 0.6) is 5.75 Å². The summed E-state index contributed by atoms with van der Waals surface area (Å²) in [4.78, 5) is 40.0. The molecule has 3 rings (SSSR count). The molecule has 1 amide bonds. The maximum atomic E-state index is 13.6. The van der Waals surface area contributed by atoms with Crippen LogP contribution in [0.4, 0.5) is 0 Å². The molecule has 2 N–H and O–H groups in total. The summed E-state index contributed by atoms with van der Waals surface area (Å²) in [6.07, 6.45) is 2.63. The van der Waals surface area contributed by atoms with Gasteiger partial charge in [-0.3, -0.25) is 14.4 Å². The molecule has 0 radical (unpaired) electrons. The van der Waals surface area contributed by atoms with Crippen LogP contribution in [0.15, 0.2) is 54.6 Å². The highest BCUT2D eigenvalue weighted by molar-refractivity contribution is 5.96. The zero-order valence-corrected chi connectivity index (χ0v) is 22.2. The molecule has 6 nitrogen and oxygen atoms in total. The predicted octanol–water partition coefficient (Wildman–Crippen LogP) is 4.30. The van der Waals surface area contributed by atoms with E-state index in [2.05, 4.69) is 10.6 Å². The van der Waals surface area contributed by atoms with Crippen molar-refractivity contribution in [2.45, 2.75) is 77.9 Å². The topological polar surface area (TPSA) is 84.5 Å². The quantitative estimate of drug-likeness (QED) is 0.411. The van der Waals surface area contributed by atoms with Crippen molar-refractivity contribution in [2.75, 3.05) is 7.11 Å². The van der Waals surface area contributed by atoms with Gasteiger partial charge in [0.25, 0.3) is 0 Å². The lowest BCUT2D eigenvalue weighted by Gasteiger charge is -2.25. The smallest absolute Gasteiger partial charge is 0.224 e. The van der Waals surface area contributed by atoms with Crippen molar-refractivity contribution in [1.82, 2.24) is 10.6 Å². The van der Waals surface area contributed by atoms with E-state index in [-0.39, 0.29) is 41.4 Å². The largest absolute Gasteiger partial charge is 0.497 e. The fraction of sp³-hybridized carbons (Fsp3) is 0.500. The third-order valence-electron chi connectivity index (χ3n) is 7.04. The van der Waals surface area contributed by atoms with Gasteiger partial charge in [-0.2, -0.15) is 0 Å². The summed E-state index contributed by atoms with van der Waals surface area (Å²) in [5.74, 6) is -0.0480. The molecule has 6 heteroatoms. The average Bonchev–Trinajstić information content (AvgIpc) is 3.61. The van der Waals surface area contributed by atoms with Crippen LogP contribution in [0.1, 0.15) is 58.1 Å². The first-order chi connectivity index (χ1) is 17.1. The van der Waals surface area contributed by atoms with Crippen LogP contribution < -0.4 is 15.4 Å². The number of Topliss-reactive ketones (excluding diaryl/α,β-unsaturated/α-hetero) is 2. The van der Waals surface area contributed by atoms with Crippen LogP contribution in [0.2, 0.25) is 0 Å². The lowest BCUT2D eigenvalue weighted by Crippen LogP contribution is -2.48. The van der Waals surface area contributed by atoms with E-state index in [9.17, 15) is 14.4 Å². The molecule has 0 saturated heterocycles. The third kappa shape index (κ3) is 7.76. The highest BCUT2D eigenvalue weighted by Gasteiger charge is 2.48. The number of amides is 1. The molecule has 36 heavy (non-hydrogen) atoms. The molecular formula is C30H40N2O4. The molecular weight excluding hydrogens is 452 g/mol. The first kappa shape index (κ1) is 27.6. The van der Waals surface area contributed by atoms with Gasteiger partial charge in [0, 0.05) is 23.8 Å². The Bertz CT molecular complexity index is 1030. The molecule has 1 saturated carbocycles. The van der Waals surface area contributed by atoms with Gasteiger partial charge in [-0.15, -0.1) is 0 Å². The Labute approximate surface area is 215 Å². The van der Waals surface area contributed by atoms with Crippen LogP contribution in [0.25, 0.3) is 0 Å². The zero-order valence-electron chi connectivity index (χ0n) is 22.2. The zero-order chi connectivity index (χ0) is 26.3. The van der Waals surface area contributed by atoms with Crippen molar-refractivity contribution in [3.63, 3.8) is 0 Å². The molecule has 0 aliphatic heterocycles. The molecule has 3 atom stereocenters. The molecule has 2 aromatic carbocycles. The minimum absolute atomic E-state index is 0.0162. The molecule has 0 bridgehead atoms. The van der Waals surface area contributed by atoms with Crippen LogP contribution in [-0.2, 0) is 27.2 Å². The number of hydrogen-bond acceptors (Lipinski definition) is 5. The predicted molar refractivity (Wildman–Crippen MR) is 142 cm³/mol. The standard InChI is InChI=1S/C30H40N2O4/c1-20(2)31-21(3)27(33)19-24(17-23-11-13-25(36-5)14-12-23)29(35)32-26(28(34)30(4)15-16-30)18-22-9-7-6-8-10-22/h6-14,20-21,24,26,31H,15-19H2,1-5H3,(H,32,35)/t21-,24+,26-/m0/s1. The van der Waals surface area contributed by atoms with Gasteiger partial charge in [-0.05, 0) is 55.9 Å². The fourth-order valence-corrected chi connectivity index (χ4v) is 4.52. The van der Waals surface area contributed by atoms with Gasteiger partial charge in [0.05, 0.1) is 19.2 Å². The van der Waals surface area contributed by atoms with E-state index in [4.69, 9.17) is 4.74 Å². The number of nitrogens with one attached hydrogen (secondary N) is 2. The maximum Gasteiger partial charge on any atom is 0.224 e. The Morgan fingerprint density at radius 3 is 2.08 bits per heavy atom. The van der Waals surface area contributed by atoms with Gasteiger partial charge in [-0.25, -0.2) is 0 Å². The third-order valence-corrected chi connectivity index (χ3v) is 7.04. The second-order valence-electron chi connectivity index (χ2n) is 10.6. The number of ether oxygens (including phenoxy) is 1. The van der Waals surface area contributed by atoms with E-state index in [1.165, 1.54) is 0 Å². The first-order valence-electron chi connectivity index (χ1n) is 12.9. The normalized spacial score (nSPS) is 16.6. The maximum absolute atomic E-state index is 13.6. The van der Waals surface area contributed by atoms with Crippen LogP contribution >= 0.6 is 0 Å². The molecule has 0 heterocycles. The van der Waals surface area contributed by atoms with Crippen molar-refractivity contribution in [2.24, 2.45) is 11.3 Å². The second-order valence-corrected chi connectivity index (χ2v) is 10.6. The summed E-state index contributed by atoms with van der Waals surface area (Å²) in [5.41, 5.74) is 1.57. The van der Waals surface area contributed by atoms with Gasteiger partial charge in [0.1, 0.15) is 11.5 Å². The number of ketones is 2. The van der Waals surface area contributed by atoms with Crippen LogP contribution in [-0.4, -0.2) is 42.7 Å². The molecule has 1 aliphatic rings. The summed E-state index contributed by atoms with van der Waals surface area (Å²) in [6, 6.07) is 16.5. The van der Waals surface area contributed by atoms with Crippen LogP contribution in [0.3, 0.4) is 0 Å². The molecule has 1 aliphatic carbocycles. The second kappa shape index (κ2) is 12.3. The van der Waals surface area contributed by atoms with E-state index >= 15 is 0 Å². The Kier molecular flexibility index (Phi) is 9.43. The van der Waals surface area contributed by atoms with Gasteiger partial charge >= 0.3 is 0 Å². The summed E-state index contributed by atoms with van der Waals surface area (Å²) >= 11 is 0. The SMILES string of the molecule is COc1ccc(C[C@H](CC(=O)[C@H](C)NC(C)C)C(=O)N[C@@H](Cc2ccccc2)C(=O)C2(C)CC2)cc1. The summed E-state index contributed by atoms with van der Waals surface area (Å²) < 4.78 is 5.25. The van der Waals surface area contributed by atoms with E-state index < -0.39 is 12.0 Å². The van der Waals surface area contributed by atoms with Crippen molar-refractivity contribution in [3.05, 3.63) is 65.7 Å². The highest BCUT2D eigenvalue weighted by atomic mass is 16.5. The van der Waals surface area contributed by atoms with Crippen molar-refractivity contribution in [3.8, 4) is 5.75 Å². The summed E-state index contributed by atoms with van der Waals surface area (Å²) in [6.45, 7) is 7.78. The fourth-order valence-electron chi connectivity index (χ4n) is 4.52. The van der Waals surface area contributed by atoms with E-state index in [0.717, 1.165) is 29.7 Å². The summed E-state index contributed by atoms with van der Waals surface area (Å²) in [7, 11) is 1.61. The van der Waals surface area contributed by atoms with Crippen molar-refractivity contribution >= 4 is 17.5 Å². The number of carbonyl (C=O) groups is 3. The molecule has 2 aromatic rings. The Morgan fingerprint density at radius 1 is 0.917 bits per heavy atom. The van der Waals surface area contributed by atoms with Gasteiger partial charge in [-0.1, -0.05) is 63.2 Å². The van der Waals surface area contributed by atoms with E-state index in [1.807, 2.05) is 82.3 Å². The monoisotopic (exact) mass is 492 g/mol. The molecule has 0 spiro atoms. The first-order valence-corrected chi connectivity index (χ1v) is 12.9. The van der Waals surface area contributed by atoms with Gasteiger partial charge in [0.15, 0.2) is 5.78 Å². The Hall–Kier alpha value is -2.99. The van der Waals surface area contributed by atoms with Crippen molar-refractivity contribution in [1.29, 1.82) is 0 Å². The highest BCUT2D eigenvalue weighted by Crippen LogP contribution is 2.46. The molecule has 1 fully saturated rings. The Balaban J connectivity index is 1.80. The lowest BCUT2D eigenvalue weighted by atomic mass is 9.89.